The first kappa shape index (κ1) is 22.6. The normalized spacial score (nSPS) is 16.3. The summed E-state index contributed by atoms with van der Waals surface area (Å²) in [7, 11) is 0. The Morgan fingerprint density at radius 2 is 2.00 bits per heavy atom. The number of hydrogen-bond donors (Lipinski definition) is 0. The molecule has 0 saturated carbocycles. The van der Waals surface area contributed by atoms with Crippen LogP contribution in [0.2, 0.25) is 0 Å². The summed E-state index contributed by atoms with van der Waals surface area (Å²) in [6.07, 6.45) is 9.94. The molecule has 1 amide bonds. The SMILES string of the molecule is CCCC[C@H](CC)CN1C(=O)/C(=C\c2cn(-c3ccccc3)nc2-c2ccco2)SC1=S. The summed E-state index contributed by atoms with van der Waals surface area (Å²) in [5.74, 6) is 1.11. The van der Waals surface area contributed by atoms with Gasteiger partial charge in [-0.2, -0.15) is 5.10 Å². The summed E-state index contributed by atoms with van der Waals surface area (Å²) in [4.78, 5) is 15.6. The number of carbonyl (C=O) groups excluding carboxylic acids is 1. The van der Waals surface area contributed by atoms with Gasteiger partial charge in [-0.05, 0) is 42.7 Å². The Balaban J connectivity index is 1.64. The second-order valence-electron chi connectivity index (χ2n) is 7.90. The zero-order valence-electron chi connectivity index (χ0n) is 18.4. The minimum absolute atomic E-state index is 0.0206. The van der Waals surface area contributed by atoms with E-state index in [1.54, 1.807) is 11.2 Å². The van der Waals surface area contributed by atoms with Gasteiger partial charge in [-0.25, -0.2) is 4.68 Å². The van der Waals surface area contributed by atoms with Crippen molar-refractivity contribution >= 4 is 40.3 Å². The van der Waals surface area contributed by atoms with Crippen LogP contribution in [0.5, 0.6) is 0 Å². The summed E-state index contributed by atoms with van der Waals surface area (Å²) in [5, 5.41) is 4.73. The number of rotatable bonds is 9. The van der Waals surface area contributed by atoms with Crippen LogP contribution < -0.4 is 0 Å². The van der Waals surface area contributed by atoms with Gasteiger partial charge in [0.05, 0.1) is 16.9 Å². The molecule has 1 saturated heterocycles. The molecule has 1 aromatic carbocycles. The summed E-state index contributed by atoms with van der Waals surface area (Å²) in [6.45, 7) is 5.07. The molecule has 2 aromatic heterocycles. The fourth-order valence-electron chi connectivity index (χ4n) is 3.78. The molecule has 1 aliphatic heterocycles. The largest absolute Gasteiger partial charge is 0.463 e. The van der Waals surface area contributed by atoms with Crippen LogP contribution in [-0.2, 0) is 4.79 Å². The first-order valence-corrected chi connectivity index (χ1v) is 12.3. The van der Waals surface area contributed by atoms with Crippen molar-refractivity contribution < 1.29 is 9.21 Å². The van der Waals surface area contributed by atoms with E-state index in [1.807, 2.05) is 59.4 Å². The summed E-state index contributed by atoms with van der Waals surface area (Å²) < 4.78 is 8.05. The minimum Gasteiger partial charge on any atom is -0.463 e. The number of unbranched alkanes of at least 4 members (excludes halogenated alkanes) is 1. The van der Waals surface area contributed by atoms with Crippen LogP contribution in [0.25, 0.3) is 23.2 Å². The zero-order valence-corrected chi connectivity index (χ0v) is 20.0. The highest BCUT2D eigenvalue weighted by molar-refractivity contribution is 8.26. The molecule has 0 aliphatic carbocycles. The summed E-state index contributed by atoms with van der Waals surface area (Å²) in [5.41, 5.74) is 2.45. The third-order valence-corrected chi connectivity index (χ3v) is 7.04. The quantitative estimate of drug-likeness (QED) is 0.265. The van der Waals surface area contributed by atoms with Crippen LogP contribution in [-0.4, -0.2) is 31.5 Å². The average molecular weight is 466 g/mol. The van der Waals surface area contributed by atoms with Crippen LogP contribution in [0.1, 0.15) is 45.1 Å². The maximum atomic E-state index is 13.2. The van der Waals surface area contributed by atoms with Gasteiger partial charge in [0.25, 0.3) is 5.91 Å². The molecule has 3 heterocycles. The molecule has 166 valence electrons. The lowest BCUT2D eigenvalue weighted by atomic mass is 9.99. The molecule has 1 aliphatic rings. The maximum Gasteiger partial charge on any atom is 0.266 e. The van der Waals surface area contributed by atoms with Crippen molar-refractivity contribution in [2.45, 2.75) is 39.5 Å². The fraction of sp³-hybridized carbons (Fsp3) is 0.320. The van der Waals surface area contributed by atoms with Crippen LogP contribution in [0.4, 0.5) is 0 Å². The van der Waals surface area contributed by atoms with Gasteiger partial charge in [0.1, 0.15) is 10.0 Å². The second kappa shape index (κ2) is 10.3. The van der Waals surface area contributed by atoms with Crippen LogP contribution >= 0.6 is 24.0 Å². The standard InChI is InChI=1S/C25H27N3O2S2/c1-3-5-10-18(4-2)16-27-24(29)22(32-25(27)31)15-19-17-28(20-11-7-6-8-12-20)26-23(19)21-13-9-14-30-21/h6-9,11-15,17-18H,3-5,10,16H2,1-2H3/b22-15+/t18-/m0/s1. The Morgan fingerprint density at radius 1 is 1.19 bits per heavy atom. The van der Waals surface area contributed by atoms with Crippen molar-refractivity contribution in [3.8, 4) is 17.1 Å². The highest BCUT2D eigenvalue weighted by Crippen LogP contribution is 2.36. The van der Waals surface area contributed by atoms with Crippen molar-refractivity contribution in [3.63, 3.8) is 0 Å². The monoisotopic (exact) mass is 465 g/mol. The van der Waals surface area contributed by atoms with Crippen molar-refractivity contribution in [2.75, 3.05) is 6.54 Å². The fourth-order valence-corrected chi connectivity index (χ4v) is 5.05. The van der Waals surface area contributed by atoms with Crippen molar-refractivity contribution in [1.29, 1.82) is 0 Å². The van der Waals surface area contributed by atoms with Gasteiger partial charge in [0, 0.05) is 18.3 Å². The van der Waals surface area contributed by atoms with Crippen LogP contribution in [0.15, 0.2) is 64.2 Å². The third-order valence-electron chi connectivity index (χ3n) is 5.66. The Kier molecular flexibility index (Phi) is 7.27. The van der Waals surface area contributed by atoms with Crippen molar-refractivity contribution in [1.82, 2.24) is 14.7 Å². The lowest BCUT2D eigenvalue weighted by molar-refractivity contribution is -0.122. The molecule has 0 bridgehead atoms. The molecule has 0 radical (unpaired) electrons. The van der Waals surface area contributed by atoms with E-state index in [0.29, 0.717) is 33.1 Å². The predicted molar refractivity (Wildman–Crippen MR) is 134 cm³/mol. The number of amides is 1. The smallest absolute Gasteiger partial charge is 0.266 e. The Labute approximate surface area is 198 Å². The van der Waals surface area contributed by atoms with Gasteiger partial charge in [-0.3, -0.25) is 9.69 Å². The Morgan fingerprint density at radius 3 is 2.69 bits per heavy atom. The van der Waals surface area contributed by atoms with E-state index in [0.717, 1.165) is 30.5 Å². The molecule has 5 nitrogen and oxygen atoms in total. The average Bonchev–Trinajstić information content (AvgIpc) is 3.54. The van der Waals surface area contributed by atoms with E-state index >= 15 is 0 Å². The molecule has 7 heteroatoms. The molecular weight excluding hydrogens is 438 g/mol. The van der Waals surface area contributed by atoms with Gasteiger partial charge in [0.15, 0.2) is 5.76 Å². The highest BCUT2D eigenvalue weighted by atomic mass is 32.2. The zero-order chi connectivity index (χ0) is 22.5. The first-order chi connectivity index (χ1) is 15.6. The van der Waals surface area contributed by atoms with Crippen LogP contribution in [0, 0.1) is 5.92 Å². The van der Waals surface area contributed by atoms with E-state index in [1.165, 1.54) is 18.2 Å². The number of benzene rings is 1. The summed E-state index contributed by atoms with van der Waals surface area (Å²) >= 11 is 6.94. The topological polar surface area (TPSA) is 51.3 Å². The molecule has 1 atom stereocenters. The second-order valence-corrected chi connectivity index (χ2v) is 9.58. The van der Waals surface area contributed by atoms with Gasteiger partial charge in [-0.15, -0.1) is 0 Å². The van der Waals surface area contributed by atoms with Crippen molar-refractivity contribution in [2.24, 2.45) is 5.92 Å². The molecule has 0 spiro atoms. The van der Waals surface area contributed by atoms with E-state index in [4.69, 9.17) is 21.7 Å². The Hall–Kier alpha value is -2.64. The van der Waals surface area contributed by atoms with E-state index < -0.39 is 0 Å². The lowest BCUT2D eigenvalue weighted by Crippen LogP contribution is -2.33. The molecule has 0 N–H and O–H groups in total. The maximum absolute atomic E-state index is 13.2. The number of aromatic nitrogens is 2. The number of hydrogen-bond acceptors (Lipinski definition) is 5. The number of carbonyl (C=O) groups is 1. The van der Waals surface area contributed by atoms with Gasteiger partial charge in [-0.1, -0.05) is 75.3 Å². The molecule has 4 rings (SSSR count). The summed E-state index contributed by atoms with van der Waals surface area (Å²) in [6, 6.07) is 13.6. The third kappa shape index (κ3) is 4.89. The van der Waals surface area contributed by atoms with Gasteiger partial charge < -0.3 is 4.42 Å². The number of para-hydroxylation sites is 1. The lowest BCUT2D eigenvalue weighted by Gasteiger charge is -2.21. The predicted octanol–water partition coefficient (Wildman–Crippen LogP) is 6.55. The van der Waals surface area contributed by atoms with Gasteiger partial charge >= 0.3 is 0 Å². The van der Waals surface area contributed by atoms with Crippen molar-refractivity contribution in [3.05, 3.63) is 65.4 Å². The number of furan rings is 1. The number of nitrogens with zero attached hydrogens (tertiary/aromatic N) is 3. The number of thioether (sulfide) groups is 1. The Bertz CT molecular complexity index is 1100. The number of thiocarbonyl (C=S) groups is 1. The van der Waals surface area contributed by atoms with Gasteiger partial charge in [0.2, 0.25) is 0 Å². The van der Waals surface area contributed by atoms with Crippen LogP contribution in [0.3, 0.4) is 0 Å². The molecular formula is C25H27N3O2S2. The molecule has 0 unspecified atom stereocenters. The molecule has 1 fully saturated rings. The van der Waals surface area contributed by atoms with E-state index in [2.05, 4.69) is 13.8 Å². The molecule has 3 aromatic rings. The highest BCUT2D eigenvalue weighted by Gasteiger charge is 2.33. The minimum atomic E-state index is -0.0206. The van der Waals surface area contributed by atoms with E-state index in [-0.39, 0.29) is 5.91 Å². The molecule has 32 heavy (non-hydrogen) atoms. The van der Waals surface area contributed by atoms with E-state index in [9.17, 15) is 4.79 Å². The first-order valence-electron chi connectivity index (χ1n) is 11.0.